The van der Waals surface area contributed by atoms with Gasteiger partial charge in [0, 0.05) is 18.0 Å². The zero-order valence-electron chi connectivity index (χ0n) is 20.9. The second kappa shape index (κ2) is 8.02. The van der Waals surface area contributed by atoms with Gasteiger partial charge < -0.3 is 0 Å². The van der Waals surface area contributed by atoms with Gasteiger partial charge in [0.05, 0.1) is 40.0 Å². The summed E-state index contributed by atoms with van der Waals surface area (Å²) in [7, 11) is -2.24. The molecular formula is C28H27F2N5OS. The van der Waals surface area contributed by atoms with Gasteiger partial charge in [-0.25, -0.2) is 8.78 Å². The average molecular weight is 520 g/mol. The predicted molar refractivity (Wildman–Crippen MR) is 141 cm³/mol. The van der Waals surface area contributed by atoms with E-state index in [0.29, 0.717) is 0 Å². The monoisotopic (exact) mass is 519 g/mol. The Hall–Kier alpha value is -3.46. The van der Waals surface area contributed by atoms with E-state index in [0.717, 1.165) is 41.1 Å². The molecule has 1 unspecified atom stereocenters. The topological polar surface area (TPSA) is 73.6 Å². The van der Waals surface area contributed by atoms with Gasteiger partial charge in [0.2, 0.25) is 0 Å². The summed E-state index contributed by atoms with van der Waals surface area (Å²) in [6.45, 7) is 4.43. The van der Waals surface area contributed by atoms with Gasteiger partial charge in [-0.1, -0.05) is 26.0 Å². The summed E-state index contributed by atoms with van der Waals surface area (Å²) in [6, 6.07) is 11.6. The van der Waals surface area contributed by atoms with Crippen LogP contribution in [0.5, 0.6) is 0 Å². The Morgan fingerprint density at radius 3 is 2.57 bits per heavy atom. The second-order valence-electron chi connectivity index (χ2n) is 10.8. The molecule has 0 spiro atoms. The van der Waals surface area contributed by atoms with Gasteiger partial charge in [0.15, 0.2) is 0 Å². The summed E-state index contributed by atoms with van der Waals surface area (Å²) in [5, 5.41) is 13.3. The van der Waals surface area contributed by atoms with Crippen molar-refractivity contribution < 1.29 is 13.0 Å². The van der Waals surface area contributed by atoms with Crippen molar-refractivity contribution in [2.45, 2.75) is 43.9 Å². The first-order valence-corrected chi connectivity index (χ1v) is 14.4. The molecule has 9 heteroatoms. The Morgan fingerprint density at radius 2 is 1.84 bits per heavy atom. The van der Waals surface area contributed by atoms with E-state index in [9.17, 15) is 13.0 Å². The second-order valence-corrected chi connectivity index (χ2v) is 13.5. The molecule has 0 N–H and O–H groups in total. The molecule has 1 saturated carbocycles. The van der Waals surface area contributed by atoms with Crippen LogP contribution in [0.2, 0.25) is 0 Å². The highest BCUT2D eigenvalue weighted by atomic mass is 32.2. The summed E-state index contributed by atoms with van der Waals surface area (Å²) >= 11 is 0. The number of aromatic nitrogens is 5. The third-order valence-corrected chi connectivity index (χ3v) is 8.93. The normalized spacial score (nSPS) is 23.1. The smallest absolute Gasteiger partial charge is 0.135 e. The molecule has 0 aliphatic heterocycles. The van der Waals surface area contributed by atoms with Crippen molar-refractivity contribution in [3.05, 3.63) is 83.4 Å². The Labute approximate surface area is 214 Å². The molecule has 190 valence electrons. The summed E-state index contributed by atoms with van der Waals surface area (Å²) in [4.78, 5) is 5.08. The minimum atomic E-state index is -2.24. The summed E-state index contributed by atoms with van der Waals surface area (Å²) < 4.78 is 42.8. The first kappa shape index (κ1) is 23.9. The van der Waals surface area contributed by atoms with Crippen molar-refractivity contribution in [3.8, 4) is 22.5 Å². The third-order valence-electron chi connectivity index (χ3n) is 8.12. The largest absolute Gasteiger partial charge is 0.266 e. The molecule has 0 radical (unpaired) electrons. The Kier molecular flexibility index (Phi) is 5.18. The Balaban J connectivity index is 1.45. The fourth-order valence-corrected chi connectivity index (χ4v) is 7.14. The van der Waals surface area contributed by atoms with Crippen LogP contribution in [0.3, 0.4) is 0 Å². The number of rotatable bonds is 5. The Morgan fingerprint density at radius 1 is 1.11 bits per heavy atom. The number of fused-ring (bicyclic) bond motifs is 5. The lowest BCUT2D eigenvalue weighted by molar-refractivity contribution is 0.243. The molecule has 1 aromatic carbocycles. The van der Waals surface area contributed by atoms with Crippen LogP contribution in [0, 0.1) is 17.0 Å². The molecule has 2 aliphatic rings. The van der Waals surface area contributed by atoms with Crippen molar-refractivity contribution in [3.63, 3.8) is 0 Å². The molecule has 6 rings (SSSR count). The fourth-order valence-electron chi connectivity index (χ4n) is 6.44. The van der Waals surface area contributed by atoms with E-state index in [-0.39, 0.29) is 28.5 Å². The number of hydrogen-bond donors (Lipinski definition) is 0. The SMILES string of the molecule is C=S(C)(=O)Cn1cc(-c2cccc([C@@]34CC[C@@H](c5cc(-c6c(F)cccc6F)nnc53)C4(C)C)n2)cn1. The van der Waals surface area contributed by atoms with Gasteiger partial charge in [-0.05, 0) is 75.5 Å². The van der Waals surface area contributed by atoms with E-state index in [1.165, 1.54) is 18.2 Å². The van der Waals surface area contributed by atoms with Gasteiger partial charge in [-0.2, -0.15) is 10.2 Å². The molecule has 2 aliphatic carbocycles. The van der Waals surface area contributed by atoms with E-state index in [1.54, 1.807) is 17.1 Å². The lowest BCUT2D eigenvalue weighted by atomic mass is 9.66. The van der Waals surface area contributed by atoms with Crippen LogP contribution < -0.4 is 0 Å². The highest BCUT2D eigenvalue weighted by Gasteiger charge is 2.65. The summed E-state index contributed by atoms with van der Waals surface area (Å²) in [6.07, 6.45) is 6.93. The summed E-state index contributed by atoms with van der Waals surface area (Å²) in [5.74, 6) is 2.80. The molecule has 0 amide bonds. The molecule has 2 bridgehead atoms. The van der Waals surface area contributed by atoms with Crippen LogP contribution in [-0.4, -0.2) is 41.3 Å². The highest BCUT2D eigenvalue weighted by molar-refractivity contribution is 7.98. The maximum absolute atomic E-state index is 14.5. The number of nitrogens with zero attached hydrogens (tertiary/aromatic N) is 5. The van der Waals surface area contributed by atoms with E-state index in [2.05, 4.69) is 35.0 Å². The van der Waals surface area contributed by atoms with Crippen molar-refractivity contribution in [2.75, 3.05) is 6.26 Å². The quantitative estimate of drug-likeness (QED) is 0.340. The lowest BCUT2D eigenvalue weighted by Crippen LogP contribution is -2.37. The average Bonchev–Trinajstić information content (AvgIpc) is 3.45. The van der Waals surface area contributed by atoms with Crippen LogP contribution in [0.1, 0.15) is 49.6 Å². The number of halogens is 2. The van der Waals surface area contributed by atoms with E-state index in [1.807, 2.05) is 30.5 Å². The first-order valence-electron chi connectivity index (χ1n) is 12.1. The maximum Gasteiger partial charge on any atom is 0.135 e. The standard InChI is InChI=1S/C28H27F2N5OS/c1-27(2)19-11-12-28(27,26-18(19)13-23(33-34-26)25-20(29)7-5-8-21(25)30)24-10-6-9-22(32-24)17-14-31-35(15-17)16-37(3,4)36/h5-10,13-15,19H,3,11-12,16H2,1-2,4H3/t19-,28-,37?/m0/s1. The molecule has 3 heterocycles. The zero-order valence-corrected chi connectivity index (χ0v) is 21.7. The van der Waals surface area contributed by atoms with Crippen molar-refractivity contribution >= 4 is 15.4 Å². The van der Waals surface area contributed by atoms with Crippen LogP contribution >= 0.6 is 0 Å². The molecule has 4 aromatic rings. The van der Waals surface area contributed by atoms with Gasteiger partial charge in [-0.3, -0.25) is 13.9 Å². The van der Waals surface area contributed by atoms with Crippen LogP contribution in [0.15, 0.2) is 54.9 Å². The lowest BCUT2D eigenvalue weighted by Gasteiger charge is -2.37. The first-order chi connectivity index (χ1) is 17.5. The van der Waals surface area contributed by atoms with E-state index in [4.69, 9.17) is 4.98 Å². The molecule has 3 aromatic heterocycles. The van der Waals surface area contributed by atoms with Crippen molar-refractivity contribution in [1.29, 1.82) is 0 Å². The molecule has 1 fully saturated rings. The van der Waals surface area contributed by atoms with E-state index >= 15 is 0 Å². The minimum Gasteiger partial charge on any atom is -0.266 e. The predicted octanol–water partition coefficient (Wildman–Crippen LogP) is 5.19. The molecule has 0 saturated heterocycles. The van der Waals surface area contributed by atoms with Crippen molar-refractivity contribution in [2.24, 2.45) is 5.41 Å². The van der Waals surface area contributed by atoms with Crippen LogP contribution in [0.4, 0.5) is 8.78 Å². The molecule has 6 nitrogen and oxygen atoms in total. The highest BCUT2D eigenvalue weighted by Crippen LogP contribution is 2.69. The van der Waals surface area contributed by atoms with Crippen molar-refractivity contribution in [1.82, 2.24) is 25.0 Å². The zero-order chi connectivity index (χ0) is 26.2. The number of hydrogen-bond acceptors (Lipinski definition) is 5. The third kappa shape index (κ3) is 3.54. The molecule has 3 atom stereocenters. The fraction of sp³-hybridized carbons (Fsp3) is 0.321. The Bertz CT molecular complexity index is 1640. The van der Waals surface area contributed by atoms with Gasteiger partial charge in [0.25, 0.3) is 0 Å². The number of benzene rings is 1. The van der Waals surface area contributed by atoms with Gasteiger partial charge >= 0.3 is 0 Å². The van der Waals surface area contributed by atoms with Gasteiger partial charge in [-0.15, -0.1) is 5.10 Å². The molecule has 37 heavy (non-hydrogen) atoms. The van der Waals surface area contributed by atoms with E-state index < -0.39 is 26.6 Å². The maximum atomic E-state index is 14.5. The minimum absolute atomic E-state index is 0.150. The number of pyridine rings is 1. The summed E-state index contributed by atoms with van der Waals surface area (Å²) in [5.41, 5.74) is 3.63. The van der Waals surface area contributed by atoms with Gasteiger partial charge in [0.1, 0.15) is 17.5 Å². The van der Waals surface area contributed by atoms with Crippen LogP contribution in [0.25, 0.3) is 22.5 Å². The molecular weight excluding hydrogens is 492 g/mol. The van der Waals surface area contributed by atoms with Crippen LogP contribution in [-0.2, 0) is 20.8 Å².